The number of ether oxygens (including phenoxy) is 1. The molecule has 2 amide bonds. The maximum atomic E-state index is 12.9. The third kappa shape index (κ3) is 3.17. The number of benzene rings is 2. The van der Waals surface area contributed by atoms with Crippen LogP contribution in [0.1, 0.15) is 25.7 Å². The molecule has 2 fully saturated rings. The molecule has 26 heavy (non-hydrogen) atoms. The molecule has 1 aliphatic heterocycles. The minimum atomic E-state index is -0.885. The lowest BCUT2D eigenvalue weighted by Crippen LogP contribution is -2.41. The molecule has 2 aromatic carbocycles. The van der Waals surface area contributed by atoms with Gasteiger partial charge in [-0.25, -0.2) is 0 Å². The van der Waals surface area contributed by atoms with E-state index in [4.69, 9.17) is 4.74 Å². The predicted octanol–water partition coefficient (Wildman–Crippen LogP) is 3.82. The first-order chi connectivity index (χ1) is 12.7. The SMILES string of the molecule is O=C(Nc1ccccc1Oc1ccccc1)C1(C(=O)N2CCCC2)CC1. The van der Waals surface area contributed by atoms with Crippen molar-refractivity contribution in [3.8, 4) is 11.5 Å². The lowest BCUT2D eigenvalue weighted by atomic mass is 10.0. The number of carbonyl (C=O) groups is 2. The third-order valence-corrected chi connectivity index (χ3v) is 5.09. The molecule has 0 radical (unpaired) electrons. The van der Waals surface area contributed by atoms with E-state index < -0.39 is 5.41 Å². The number of nitrogens with one attached hydrogen (secondary N) is 1. The van der Waals surface area contributed by atoms with E-state index in [1.165, 1.54) is 0 Å². The van der Waals surface area contributed by atoms with Crippen molar-refractivity contribution in [3.63, 3.8) is 0 Å². The monoisotopic (exact) mass is 350 g/mol. The summed E-state index contributed by atoms with van der Waals surface area (Å²) in [5.41, 5.74) is -0.300. The number of likely N-dealkylation sites (tertiary alicyclic amines) is 1. The molecule has 0 spiro atoms. The summed E-state index contributed by atoms with van der Waals surface area (Å²) in [6, 6.07) is 16.7. The van der Waals surface area contributed by atoms with Crippen molar-refractivity contribution in [2.45, 2.75) is 25.7 Å². The largest absolute Gasteiger partial charge is 0.455 e. The van der Waals surface area contributed by atoms with E-state index in [0.717, 1.165) is 25.9 Å². The lowest BCUT2D eigenvalue weighted by molar-refractivity contribution is -0.141. The fourth-order valence-electron chi connectivity index (χ4n) is 3.40. The van der Waals surface area contributed by atoms with Crippen LogP contribution < -0.4 is 10.1 Å². The average molecular weight is 350 g/mol. The van der Waals surface area contributed by atoms with Gasteiger partial charge < -0.3 is 15.0 Å². The average Bonchev–Trinajstić information content (AvgIpc) is 3.30. The van der Waals surface area contributed by atoms with E-state index in [0.29, 0.717) is 30.0 Å². The summed E-state index contributed by atoms with van der Waals surface area (Å²) < 4.78 is 5.89. The van der Waals surface area contributed by atoms with Crippen molar-refractivity contribution in [1.29, 1.82) is 0 Å². The molecule has 5 heteroatoms. The zero-order valence-electron chi connectivity index (χ0n) is 14.6. The Morgan fingerprint density at radius 1 is 0.923 bits per heavy atom. The molecule has 1 saturated heterocycles. The number of rotatable bonds is 5. The summed E-state index contributed by atoms with van der Waals surface area (Å²) in [5, 5.41) is 2.93. The molecule has 0 atom stereocenters. The number of hydrogen-bond acceptors (Lipinski definition) is 3. The molecule has 5 nitrogen and oxygen atoms in total. The highest BCUT2D eigenvalue weighted by Gasteiger charge is 2.58. The lowest BCUT2D eigenvalue weighted by Gasteiger charge is -2.22. The number of nitrogens with zero attached hydrogens (tertiary/aromatic N) is 1. The summed E-state index contributed by atoms with van der Waals surface area (Å²) in [6.07, 6.45) is 3.29. The minimum Gasteiger partial charge on any atom is -0.455 e. The predicted molar refractivity (Wildman–Crippen MR) is 99.1 cm³/mol. The second-order valence-corrected chi connectivity index (χ2v) is 6.95. The van der Waals surface area contributed by atoms with Crippen LogP contribution in [0, 0.1) is 5.41 Å². The molecule has 2 aromatic rings. The number of carbonyl (C=O) groups excluding carboxylic acids is 2. The first-order valence-electron chi connectivity index (χ1n) is 9.12. The number of amides is 2. The third-order valence-electron chi connectivity index (χ3n) is 5.09. The Bertz CT molecular complexity index is 809. The van der Waals surface area contributed by atoms with Crippen LogP contribution in [0.4, 0.5) is 5.69 Å². The van der Waals surface area contributed by atoms with Gasteiger partial charge in [0.25, 0.3) is 0 Å². The van der Waals surface area contributed by atoms with Gasteiger partial charge in [-0.2, -0.15) is 0 Å². The maximum Gasteiger partial charge on any atom is 0.240 e. The van der Waals surface area contributed by atoms with E-state index in [2.05, 4.69) is 5.32 Å². The van der Waals surface area contributed by atoms with E-state index in [-0.39, 0.29) is 11.8 Å². The van der Waals surface area contributed by atoms with Crippen LogP contribution in [0.25, 0.3) is 0 Å². The molecule has 4 rings (SSSR count). The molecule has 2 aliphatic rings. The van der Waals surface area contributed by atoms with Crippen LogP contribution in [0.5, 0.6) is 11.5 Å². The minimum absolute atomic E-state index is 0.0195. The van der Waals surface area contributed by atoms with E-state index in [1.54, 1.807) is 6.07 Å². The molecule has 0 unspecified atom stereocenters. The van der Waals surface area contributed by atoms with Crippen molar-refractivity contribution in [1.82, 2.24) is 4.90 Å². The second-order valence-electron chi connectivity index (χ2n) is 6.95. The molecule has 1 N–H and O–H groups in total. The Morgan fingerprint density at radius 3 is 2.27 bits per heavy atom. The first kappa shape index (κ1) is 16.6. The summed E-state index contributed by atoms with van der Waals surface area (Å²) in [7, 11) is 0. The summed E-state index contributed by atoms with van der Waals surface area (Å²) in [6.45, 7) is 1.53. The van der Waals surface area contributed by atoms with Crippen LogP contribution in [0.2, 0.25) is 0 Å². The Kier molecular flexibility index (Phi) is 4.37. The fraction of sp³-hybridized carbons (Fsp3) is 0.333. The smallest absolute Gasteiger partial charge is 0.240 e. The van der Waals surface area contributed by atoms with Gasteiger partial charge in [0.15, 0.2) is 5.75 Å². The van der Waals surface area contributed by atoms with Gasteiger partial charge in [0.05, 0.1) is 5.69 Å². The molecule has 1 heterocycles. The van der Waals surface area contributed by atoms with Crippen molar-refractivity contribution in [2.75, 3.05) is 18.4 Å². The zero-order chi connectivity index (χ0) is 18.0. The molecule has 0 bridgehead atoms. The van der Waals surface area contributed by atoms with E-state index in [1.807, 2.05) is 53.4 Å². The highest BCUT2D eigenvalue weighted by Crippen LogP contribution is 2.49. The topological polar surface area (TPSA) is 58.6 Å². The van der Waals surface area contributed by atoms with Crippen LogP contribution >= 0.6 is 0 Å². The van der Waals surface area contributed by atoms with Crippen LogP contribution in [0.15, 0.2) is 54.6 Å². The van der Waals surface area contributed by atoms with Crippen LogP contribution in [-0.4, -0.2) is 29.8 Å². The molecule has 0 aromatic heterocycles. The number of anilines is 1. The molecule has 1 saturated carbocycles. The molecular formula is C21H22N2O3. The normalized spacial score (nSPS) is 17.6. The van der Waals surface area contributed by atoms with Gasteiger partial charge in [-0.3, -0.25) is 9.59 Å². The van der Waals surface area contributed by atoms with E-state index >= 15 is 0 Å². The van der Waals surface area contributed by atoms with Gasteiger partial charge in [0.2, 0.25) is 11.8 Å². The standard InChI is InChI=1S/C21H22N2O3/c24-19(21(12-13-21)20(25)23-14-6-7-15-23)22-17-10-4-5-11-18(17)26-16-8-2-1-3-9-16/h1-5,8-11H,6-7,12-15H2,(H,22,24). The summed E-state index contributed by atoms with van der Waals surface area (Å²) >= 11 is 0. The Hall–Kier alpha value is -2.82. The van der Waals surface area contributed by atoms with Gasteiger partial charge in [-0.05, 0) is 49.9 Å². The van der Waals surface area contributed by atoms with Gasteiger partial charge in [-0.1, -0.05) is 30.3 Å². The van der Waals surface area contributed by atoms with Crippen molar-refractivity contribution < 1.29 is 14.3 Å². The first-order valence-corrected chi connectivity index (χ1v) is 9.12. The Morgan fingerprint density at radius 2 is 1.58 bits per heavy atom. The fourth-order valence-corrected chi connectivity index (χ4v) is 3.40. The molecule has 134 valence electrons. The molecule has 1 aliphatic carbocycles. The van der Waals surface area contributed by atoms with Gasteiger partial charge >= 0.3 is 0 Å². The van der Waals surface area contributed by atoms with E-state index in [9.17, 15) is 9.59 Å². The zero-order valence-corrected chi connectivity index (χ0v) is 14.6. The Balaban J connectivity index is 1.50. The van der Waals surface area contributed by atoms with Gasteiger partial charge in [0.1, 0.15) is 11.2 Å². The summed E-state index contributed by atoms with van der Waals surface area (Å²) in [5.74, 6) is 1.02. The Labute approximate surface area is 153 Å². The highest BCUT2D eigenvalue weighted by molar-refractivity contribution is 6.13. The summed E-state index contributed by atoms with van der Waals surface area (Å²) in [4.78, 5) is 27.5. The van der Waals surface area contributed by atoms with Gasteiger partial charge in [0, 0.05) is 13.1 Å². The van der Waals surface area contributed by atoms with Crippen molar-refractivity contribution >= 4 is 17.5 Å². The molecular weight excluding hydrogens is 328 g/mol. The number of hydrogen-bond donors (Lipinski definition) is 1. The van der Waals surface area contributed by atoms with Crippen LogP contribution in [-0.2, 0) is 9.59 Å². The quantitative estimate of drug-likeness (QED) is 0.834. The van der Waals surface area contributed by atoms with Crippen LogP contribution in [0.3, 0.4) is 0 Å². The number of para-hydroxylation sites is 3. The maximum absolute atomic E-state index is 12.9. The van der Waals surface area contributed by atoms with Gasteiger partial charge in [-0.15, -0.1) is 0 Å². The highest BCUT2D eigenvalue weighted by atomic mass is 16.5. The van der Waals surface area contributed by atoms with Crippen molar-refractivity contribution in [3.05, 3.63) is 54.6 Å². The van der Waals surface area contributed by atoms with Crippen molar-refractivity contribution in [2.24, 2.45) is 5.41 Å². The second kappa shape index (κ2) is 6.83.